The molecule has 6 nitrogen and oxygen atoms in total. The van der Waals surface area contributed by atoms with Gasteiger partial charge in [-0.3, -0.25) is 9.59 Å². The van der Waals surface area contributed by atoms with Gasteiger partial charge in [0.05, 0.1) is 5.69 Å². The lowest BCUT2D eigenvalue weighted by atomic mass is 10.3. The summed E-state index contributed by atoms with van der Waals surface area (Å²) in [7, 11) is 0. The van der Waals surface area contributed by atoms with Gasteiger partial charge in [0.15, 0.2) is 0 Å². The van der Waals surface area contributed by atoms with Gasteiger partial charge in [0.25, 0.3) is 0 Å². The summed E-state index contributed by atoms with van der Waals surface area (Å²) >= 11 is 1.48. The Morgan fingerprint density at radius 1 is 1.59 bits per heavy atom. The van der Waals surface area contributed by atoms with E-state index >= 15 is 0 Å². The Morgan fingerprint density at radius 3 is 2.88 bits per heavy atom. The van der Waals surface area contributed by atoms with Crippen molar-refractivity contribution in [2.45, 2.75) is 19.6 Å². The van der Waals surface area contributed by atoms with Crippen LogP contribution in [0.3, 0.4) is 0 Å². The molecule has 2 amide bonds. The first-order valence-electron chi connectivity index (χ1n) is 5.02. The maximum absolute atomic E-state index is 10.9. The minimum atomic E-state index is -1.20. The highest BCUT2D eigenvalue weighted by Gasteiger charge is 2.11. The average Bonchev–Trinajstić information content (AvgIpc) is 2.64. The number of rotatable bonds is 6. The normalized spacial score (nSPS) is 12.1. The van der Waals surface area contributed by atoms with Crippen LogP contribution in [0, 0.1) is 0 Å². The summed E-state index contributed by atoms with van der Waals surface area (Å²) in [5.41, 5.74) is 5.65. The van der Waals surface area contributed by atoms with Crippen molar-refractivity contribution in [3.63, 3.8) is 0 Å². The van der Waals surface area contributed by atoms with E-state index in [1.165, 1.54) is 18.3 Å². The maximum Gasteiger partial charge on any atom is 0.247 e. The lowest BCUT2D eigenvalue weighted by Crippen LogP contribution is -2.37. The van der Waals surface area contributed by atoms with Crippen molar-refractivity contribution in [1.29, 1.82) is 0 Å². The van der Waals surface area contributed by atoms with E-state index in [4.69, 9.17) is 10.8 Å². The van der Waals surface area contributed by atoms with E-state index in [-0.39, 0.29) is 12.5 Å². The second kappa shape index (κ2) is 6.33. The van der Waals surface area contributed by atoms with Crippen molar-refractivity contribution in [1.82, 2.24) is 5.32 Å². The van der Waals surface area contributed by atoms with Gasteiger partial charge in [0.2, 0.25) is 11.8 Å². The molecule has 0 saturated heterocycles. The Labute approximate surface area is 103 Å². The molecule has 0 spiro atoms. The molecule has 0 aliphatic rings. The number of amides is 2. The predicted octanol–water partition coefficient (Wildman–Crippen LogP) is -0.358. The number of primary amides is 1. The Kier molecular flexibility index (Phi) is 5.08. The molecule has 0 saturated carbocycles. The Balaban J connectivity index is 2.44. The van der Waals surface area contributed by atoms with Crippen LogP contribution in [0.15, 0.2) is 11.4 Å². The van der Waals surface area contributed by atoms with E-state index in [1.54, 1.807) is 6.07 Å². The summed E-state index contributed by atoms with van der Waals surface area (Å²) in [4.78, 5) is 22.4. The summed E-state index contributed by atoms with van der Waals surface area (Å²) in [6.45, 7) is 1.98. The lowest BCUT2D eigenvalue weighted by molar-refractivity contribution is -0.125. The van der Waals surface area contributed by atoms with E-state index in [1.807, 2.05) is 5.38 Å². The van der Waals surface area contributed by atoms with Gasteiger partial charge in [0.1, 0.15) is 6.10 Å². The van der Waals surface area contributed by atoms with Crippen LogP contribution in [0.1, 0.15) is 11.8 Å². The maximum atomic E-state index is 10.9. The van der Waals surface area contributed by atoms with Crippen LogP contribution < -0.4 is 16.4 Å². The van der Waals surface area contributed by atoms with Gasteiger partial charge in [-0.1, -0.05) is 0 Å². The van der Waals surface area contributed by atoms with E-state index in [0.29, 0.717) is 6.54 Å². The second-order valence-corrected chi connectivity index (χ2v) is 4.49. The summed E-state index contributed by atoms with van der Waals surface area (Å²) < 4.78 is 0. The molecule has 1 heterocycles. The number of carbonyl (C=O) groups excluding carboxylic acids is 2. The Morgan fingerprint density at radius 2 is 2.29 bits per heavy atom. The molecule has 7 heteroatoms. The number of aliphatic hydroxyl groups excluding tert-OH is 1. The average molecular weight is 257 g/mol. The predicted molar refractivity (Wildman–Crippen MR) is 65.5 cm³/mol. The number of aliphatic hydroxyl groups is 1. The monoisotopic (exact) mass is 257 g/mol. The molecule has 1 atom stereocenters. The van der Waals surface area contributed by atoms with Gasteiger partial charge >= 0.3 is 0 Å². The van der Waals surface area contributed by atoms with Gasteiger partial charge < -0.3 is 21.5 Å². The van der Waals surface area contributed by atoms with Crippen molar-refractivity contribution in [2.75, 3.05) is 11.9 Å². The standard InChI is InChI=1S/C10H15N3O3S/c1-6(14)13-7-2-3-17-9(7)5-12-4-8(15)10(11)16/h2-3,8,12,15H,4-5H2,1H3,(H2,11,16)(H,13,14). The van der Waals surface area contributed by atoms with E-state index in [9.17, 15) is 9.59 Å². The molecule has 17 heavy (non-hydrogen) atoms. The van der Waals surface area contributed by atoms with Crippen LogP contribution in [-0.2, 0) is 16.1 Å². The molecule has 0 aromatic carbocycles. The number of nitrogens with two attached hydrogens (primary N) is 1. The number of hydrogen-bond donors (Lipinski definition) is 4. The third kappa shape index (κ3) is 4.51. The highest BCUT2D eigenvalue weighted by atomic mass is 32.1. The molecule has 1 aromatic heterocycles. The van der Waals surface area contributed by atoms with E-state index in [0.717, 1.165) is 10.6 Å². The van der Waals surface area contributed by atoms with Crippen molar-refractivity contribution in [3.8, 4) is 0 Å². The smallest absolute Gasteiger partial charge is 0.247 e. The van der Waals surface area contributed by atoms with E-state index in [2.05, 4.69) is 10.6 Å². The van der Waals surface area contributed by atoms with Crippen LogP contribution in [0.4, 0.5) is 5.69 Å². The Hall–Kier alpha value is -1.44. The number of nitrogens with one attached hydrogen (secondary N) is 2. The fourth-order valence-corrected chi connectivity index (χ4v) is 2.00. The minimum Gasteiger partial charge on any atom is -0.382 e. The molecule has 1 aromatic rings. The number of anilines is 1. The molecule has 0 radical (unpaired) electrons. The molecule has 0 fully saturated rings. The van der Waals surface area contributed by atoms with Crippen LogP contribution >= 0.6 is 11.3 Å². The van der Waals surface area contributed by atoms with Gasteiger partial charge in [-0.15, -0.1) is 11.3 Å². The van der Waals surface area contributed by atoms with Crippen molar-refractivity contribution in [2.24, 2.45) is 5.73 Å². The van der Waals surface area contributed by atoms with E-state index < -0.39 is 12.0 Å². The van der Waals surface area contributed by atoms with Crippen LogP contribution in [-0.4, -0.2) is 29.6 Å². The highest BCUT2D eigenvalue weighted by Crippen LogP contribution is 2.21. The number of thiophene rings is 1. The van der Waals surface area contributed by atoms with Gasteiger partial charge in [0, 0.05) is 24.9 Å². The van der Waals surface area contributed by atoms with Crippen molar-refractivity contribution in [3.05, 3.63) is 16.3 Å². The minimum absolute atomic E-state index is 0.0900. The van der Waals surface area contributed by atoms with Gasteiger partial charge in [-0.2, -0.15) is 0 Å². The summed E-state index contributed by atoms with van der Waals surface area (Å²) in [5, 5.41) is 16.6. The third-order valence-electron chi connectivity index (χ3n) is 2.01. The largest absolute Gasteiger partial charge is 0.382 e. The first-order valence-corrected chi connectivity index (χ1v) is 5.90. The fourth-order valence-electron chi connectivity index (χ4n) is 1.20. The topological polar surface area (TPSA) is 104 Å². The summed E-state index contributed by atoms with van der Waals surface area (Å²) in [6, 6.07) is 1.80. The second-order valence-electron chi connectivity index (χ2n) is 3.49. The van der Waals surface area contributed by atoms with Crippen LogP contribution in [0.2, 0.25) is 0 Å². The van der Waals surface area contributed by atoms with Gasteiger partial charge in [-0.25, -0.2) is 0 Å². The molecule has 0 aliphatic heterocycles. The highest BCUT2D eigenvalue weighted by molar-refractivity contribution is 7.10. The summed E-state index contributed by atoms with van der Waals surface area (Å²) in [6.07, 6.45) is -1.20. The first-order chi connectivity index (χ1) is 8.00. The van der Waals surface area contributed by atoms with Crippen LogP contribution in [0.5, 0.6) is 0 Å². The number of hydrogen-bond acceptors (Lipinski definition) is 5. The Bertz CT molecular complexity index is 405. The molecular weight excluding hydrogens is 242 g/mol. The van der Waals surface area contributed by atoms with Gasteiger partial charge in [-0.05, 0) is 11.4 Å². The zero-order valence-corrected chi connectivity index (χ0v) is 10.2. The molecule has 94 valence electrons. The summed E-state index contributed by atoms with van der Waals surface area (Å²) in [5.74, 6) is -0.896. The number of carbonyl (C=O) groups is 2. The zero-order chi connectivity index (χ0) is 12.8. The van der Waals surface area contributed by atoms with Crippen molar-refractivity contribution >= 4 is 28.8 Å². The fraction of sp³-hybridized carbons (Fsp3) is 0.400. The zero-order valence-electron chi connectivity index (χ0n) is 9.40. The lowest BCUT2D eigenvalue weighted by Gasteiger charge is -2.08. The quantitative estimate of drug-likeness (QED) is 0.558. The molecule has 0 bridgehead atoms. The molecule has 5 N–H and O–H groups in total. The third-order valence-corrected chi connectivity index (χ3v) is 2.93. The van der Waals surface area contributed by atoms with Crippen molar-refractivity contribution < 1.29 is 14.7 Å². The molecule has 0 aliphatic carbocycles. The molecular formula is C10H15N3O3S. The SMILES string of the molecule is CC(=O)Nc1ccsc1CNCC(O)C(N)=O. The first kappa shape index (κ1) is 13.6. The molecule has 1 unspecified atom stereocenters. The van der Waals surface area contributed by atoms with Crippen LogP contribution in [0.25, 0.3) is 0 Å². The molecule has 1 rings (SSSR count).